The van der Waals surface area contributed by atoms with Crippen LogP contribution >= 0.6 is 0 Å². The summed E-state index contributed by atoms with van der Waals surface area (Å²) < 4.78 is 16.6. The van der Waals surface area contributed by atoms with Crippen LogP contribution in [0.25, 0.3) is 22.3 Å². The van der Waals surface area contributed by atoms with Crippen molar-refractivity contribution in [3.63, 3.8) is 0 Å². The molecule has 4 aliphatic carbocycles. The normalized spacial score (nSPS) is 32.8. The number of ether oxygens (including phenoxy) is 2. The minimum atomic E-state index is -1.74. The molecule has 0 spiro atoms. The van der Waals surface area contributed by atoms with Crippen molar-refractivity contribution in [2.45, 2.75) is 69.7 Å². The van der Waals surface area contributed by atoms with Crippen LogP contribution in [0, 0.1) is 23.7 Å². The van der Waals surface area contributed by atoms with Gasteiger partial charge in [0.05, 0.1) is 6.10 Å². The Bertz CT molecular complexity index is 1580. The summed E-state index contributed by atoms with van der Waals surface area (Å²) in [4.78, 5) is 24.8. The van der Waals surface area contributed by atoms with Gasteiger partial charge in [-0.25, -0.2) is 0 Å². The Hall–Kier alpha value is -3.84. The van der Waals surface area contributed by atoms with E-state index in [2.05, 4.69) is 0 Å². The number of ketones is 1. The summed E-state index contributed by atoms with van der Waals surface area (Å²) in [6.45, 7) is 1.42. The first-order valence-electron chi connectivity index (χ1n) is 14.4. The number of carbonyl (C=O) groups is 1. The van der Waals surface area contributed by atoms with E-state index in [0.717, 1.165) is 36.1 Å². The highest BCUT2D eigenvalue weighted by molar-refractivity contribution is 5.88. The maximum atomic E-state index is 13.2. The minimum Gasteiger partial charge on any atom is -0.508 e. The first-order chi connectivity index (χ1) is 20.4. The zero-order valence-corrected chi connectivity index (χ0v) is 23.3. The van der Waals surface area contributed by atoms with E-state index in [4.69, 9.17) is 13.9 Å². The van der Waals surface area contributed by atoms with E-state index >= 15 is 0 Å². The summed E-state index contributed by atoms with van der Waals surface area (Å²) in [5.74, 6) is 0.717. The number of phenols is 4. The van der Waals surface area contributed by atoms with Gasteiger partial charge in [-0.15, -0.1) is 0 Å². The van der Waals surface area contributed by atoms with Gasteiger partial charge in [0.25, 0.3) is 0 Å². The third-order valence-corrected chi connectivity index (χ3v) is 9.14. The van der Waals surface area contributed by atoms with Crippen molar-refractivity contribution >= 4 is 16.8 Å². The van der Waals surface area contributed by atoms with E-state index in [1.54, 1.807) is 0 Å². The highest BCUT2D eigenvalue weighted by Gasteiger charge is 2.47. The van der Waals surface area contributed by atoms with E-state index in [0.29, 0.717) is 17.6 Å². The zero-order valence-electron chi connectivity index (χ0n) is 23.3. The van der Waals surface area contributed by atoms with Crippen molar-refractivity contribution in [3.8, 4) is 40.1 Å². The molecule has 3 aromatic rings. The van der Waals surface area contributed by atoms with E-state index in [-0.39, 0.29) is 28.0 Å². The van der Waals surface area contributed by atoms with Crippen LogP contribution in [0.5, 0.6) is 28.7 Å². The average Bonchev–Trinajstić information content (AvgIpc) is 2.95. The number of carbonyl (C=O) groups excluding carboxylic acids is 1. The Balaban J connectivity index is 0.000000246. The number of aromatic hydroxyl groups is 4. The van der Waals surface area contributed by atoms with Gasteiger partial charge in [0.2, 0.25) is 17.5 Å². The summed E-state index contributed by atoms with van der Waals surface area (Å²) >= 11 is 0. The van der Waals surface area contributed by atoms with Crippen LogP contribution in [0.15, 0.2) is 39.5 Å². The number of aliphatic hydroxyl groups is 3. The van der Waals surface area contributed by atoms with Gasteiger partial charge in [0.15, 0.2) is 17.3 Å². The van der Waals surface area contributed by atoms with Gasteiger partial charge >= 0.3 is 0 Å². The molecule has 43 heavy (non-hydrogen) atoms. The van der Waals surface area contributed by atoms with Crippen molar-refractivity contribution in [1.29, 1.82) is 0 Å². The van der Waals surface area contributed by atoms with Crippen LogP contribution in [-0.4, -0.2) is 72.2 Å². The third-order valence-electron chi connectivity index (χ3n) is 9.14. The molecule has 230 valence electrons. The molecule has 4 bridgehead atoms. The molecule has 0 radical (unpaired) electrons. The molecular weight excluding hydrogens is 564 g/mol. The van der Waals surface area contributed by atoms with Crippen molar-refractivity contribution in [3.05, 3.63) is 40.6 Å². The van der Waals surface area contributed by atoms with E-state index in [1.165, 1.54) is 45.1 Å². The first-order valence-corrected chi connectivity index (χ1v) is 14.4. The maximum Gasteiger partial charge on any atom is 0.239 e. The monoisotopic (exact) mass is 598 g/mol. The molecule has 1 saturated heterocycles. The molecule has 8 rings (SSSR count). The van der Waals surface area contributed by atoms with Gasteiger partial charge in [-0.1, -0.05) is 0 Å². The summed E-state index contributed by atoms with van der Waals surface area (Å²) in [5, 5.41) is 69.2. The quantitative estimate of drug-likeness (QED) is 0.217. The second kappa shape index (κ2) is 11.0. The van der Waals surface area contributed by atoms with Crippen molar-refractivity contribution < 1.29 is 54.4 Å². The van der Waals surface area contributed by atoms with E-state index in [9.17, 15) is 45.3 Å². The number of aliphatic hydroxyl groups excluding tert-OH is 3. The SMILES string of the molecule is C[C@@H]1O[C@@H](Oc2c(-c3ccc(O)c(O)c3)oc3cc(O)cc(O)c3c2=O)[C@H](O)[C@H](O)[C@H]1O.O=C1C2CC3CC(C2)CC1C3. The molecule has 0 unspecified atom stereocenters. The second-order valence-corrected chi connectivity index (χ2v) is 12.1. The highest BCUT2D eigenvalue weighted by Crippen LogP contribution is 2.51. The number of fused-ring (bicyclic) bond motifs is 1. The van der Waals surface area contributed by atoms with Crippen molar-refractivity contribution in [2.24, 2.45) is 23.7 Å². The van der Waals surface area contributed by atoms with Crippen LogP contribution in [0.1, 0.15) is 39.0 Å². The Morgan fingerprint density at radius 3 is 2.05 bits per heavy atom. The zero-order chi connectivity index (χ0) is 30.7. The van der Waals surface area contributed by atoms with Gasteiger partial charge < -0.3 is 49.6 Å². The summed E-state index contributed by atoms with van der Waals surface area (Å²) in [7, 11) is 0. The van der Waals surface area contributed by atoms with Crippen LogP contribution < -0.4 is 10.2 Å². The Morgan fingerprint density at radius 1 is 0.767 bits per heavy atom. The topological polar surface area (TPSA) is 207 Å². The molecule has 5 aliphatic rings. The number of hydrogen-bond acceptors (Lipinski definition) is 12. The summed E-state index contributed by atoms with van der Waals surface area (Å²) in [6.07, 6.45) is -0.938. The van der Waals surface area contributed by atoms with Gasteiger partial charge in [-0.3, -0.25) is 9.59 Å². The van der Waals surface area contributed by atoms with Crippen LogP contribution in [0.3, 0.4) is 0 Å². The number of phenolic OH excluding ortho intramolecular Hbond substituents is 4. The Morgan fingerprint density at radius 2 is 1.42 bits per heavy atom. The Kier molecular flexibility index (Phi) is 7.49. The summed E-state index contributed by atoms with van der Waals surface area (Å²) in [5.41, 5.74) is -1.05. The fourth-order valence-corrected chi connectivity index (χ4v) is 7.11. The lowest BCUT2D eigenvalue weighted by Gasteiger charge is -2.48. The molecule has 4 saturated carbocycles. The molecule has 5 atom stereocenters. The predicted molar refractivity (Wildman–Crippen MR) is 150 cm³/mol. The third kappa shape index (κ3) is 5.29. The first kappa shape index (κ1) is 29.2. The van der Waals surface area contributed by atoms with Crippen molar-refractivity contribution in [2.75, 3.05) is 0 Å². The highest BCUT2D eigenvalue weighted by atomic mass is 16.7. The summed E-state index contributed by atoms with van der Waals surface area (Å²) in [6, 6.07) is 5.51. The van der Waals surface area contributed by atoms with Crippen LogP contribution in [0.2, 0.25) is 0 Å². The van der Waals surface area contributed by atoms with E-state index < -0.39 is 59.1 Å². The minimum absolute atomic E-state index is 0.0658. The van der Waals surface area contributed by atoms with Gasteiger partial charge in [0.1, 0.15) is 46.6 Å². The van der Waals surface area contributed by atoms with Gasteiger partial charge in [-0.05, 0) is 69.1 Å². The molecule has 12 heteroatoms. The molecule has 5 fully saturated rings. The molecule has 2 aromatic carbocycles. The largest absolute Gasteiger partial charge is 0.508 e. The molecule has 2 heterocycles. The van der Waals surface area contributed by atoms with E-state index in [1.807, 2.05) is 0 Å². The average molecular weight is 599 g/mol. The lowest BCUT2D eigenvalue weighted by molar-refractivity contribution is -0.268. The molecule has 1 aromatic heterocycles. The number of rotatable bonds is 3. The molecular formula is C31H34O12. The standard InChI is InChI=1S/C21H20O11.C10H14O/c1-7-15(26)17(28)18(29)21(30-7)32-20-16(27)14-12(25)5-9(22)6-13(14)31-19(20)8-2-3-10(23)11(24)4-8;11-10-8-2-6-1-7(4-8)5-9(10)3-6/h2-7,15,17-18,21-26,28-29H,1H3;6-9H,1-5H2/t7-,15-,17+,18+,21-;/m0./s1. The Labute approximate surface area is 245 Å². The lowest BCUT2D eigenvalue weighted by atomic mass is 9.56. The number of benzene rings is 2. The van der Waals surface area contributed by atoms with Crippen LogP contribution in [0.4, 0.5) is 0 Å². The predicted octanol–water partition coefficient (Wildman–Crippen LogP) is 2.50. The van der Waals surface area contributed by atoms with Gasteiger partial charge in [0, 0.05) is 29.5 Å². The number of hydrogen-bond donors (Lipinski definition) is 7. The fourth-order valence-electron chi connectivity index (χ4n) is 7.11. The number of Topliss-reactive ketones (excluding diaryl/α,β-unsaturated/α-hetero) is 1. The molecule has 1 aliphatic heterocycles. The van der Waals surface area contributed by atoms with Gasteiger partial charge in [-0.2, -0.15) is 0 Å². The van der Waals surface area contributed by atoms with Crippen molar-refractivity contribution in [1.82, 2.24) is 0 Å². The molecule has 7 N–H and O–H groups in total. The second-order valence-electron chi connectivity index (χ2n) is 12.1. The fraction of sp³-hybridized carbons (Fsp3) is 0.484. The van der Waals surface area contributed by atoms with Crippen LogP contribution in [-0.2, 0) is 9.53 Å². The molecule has 0 amide bonds. The maximum absolute atomic E-state index is 13.2. The lowest BCUT2D eigenvalue weighted by Crippen LogP contribution is -2.58. The smallest absolute Gasteiger partial charge is 0.239 e. The molecule has 12 nitrogen and oxygen atoms in total.